The average molecular weight is 185 g/mol. The molecule has 0 radical (unpaired) electrons. The normalized spacial score (nSPS) is 10.3. The molecule has 0 aromatic rings. The minimum absolute atomic E-state index is 0.705. The molecule has 0 bridgehead atoms. The molecule has 0 atom stereocenters. The molecule has 0 heterocycles. The summed E-state index contributed by atoms with van der Waals surface area (Å²) in [5, 5.41) is 3.30. The topological polar surface area (TPSA) is 21.3 Å². The second kappa shape index (κ2) is 9.75. The van der Waals surface area contributed by atoms with Crippen molar-refractivity contribution in [1.29, 1.82) is 0 Å². The summed E-state index contributed by atoms with van der Waals surface area (Å²) in [5.74, 6) is 0. The Balaban J connectivity index is 3.11. The van der Waals surface area contributed by atoms with Crippen LogP contribution < -0.4 is 5.32 Å². The first-order valence-corrected chi connectivity index (χ1v) is 5.26. The number of ether oxygens (including phenoxy) is 1. The van der Waals surface area contributed by atoms with Gasteiger partial charge in [-0.1, -0.05) is 26.8 Å². The largest absolute Gasteiger partial charge is 0.377 e. The van der Waals surface area contributed by atoms with E-state index in [1.165, 1.54) is 12.8 Å². The molecule has 0 aliphatic rings. The van der Waals surface area contributed by atoms with Gasteiger partial charge in [-0.2, -0.15) is 0 Å². The molecule has 0 aromatic carbocycles. The van der Waals surface area contributed by atoms with E-state index in [1.807, 2.05) is 0 Å². The van der Waals surface area contributed by atoms with Gasteiger partial charge in [-0.25, -0.2) is 0 Å². The Labute approximate surface area is 82.4 Å². The van der Waals surface area contributed by atoms with Crippen molar-refractivity contribution >= 4 is 0 Å². The molecule has 1 N–H and O–H groups in total. The van der Waals surface area contributed by atoms with Crippen LogP contribution in [0.3, 0.4) is 0 Å². The molecule has 0 amide bonds. The Morgan fingerprint density at radius 3 is 2.69 bits per heavy atom. The van der Waals surface area contributed by atoms with Gasteiger partial charge in [-0.3, -0.25) is 0 Å². The lowest BCUT2D eigenvalue weighted by Gasteiger charge is -2.07. The van der Waals surface area contributed by atoms with E-state index in [4.69, 9.17) is 4.74 Å². The van der Waals surface area contributed by atoms with E-state index in [-0.39, 0.29) is 0 Å². The molecule has 0 aromatic heterocycles. The van der Waals surface area contributed by atoms with Gasteiger partial charge in [0.2, 0.25) is 0 Å². The third-order valence-electron chi connectivity index (χ3n) is 1.75. The Hall–Kier alpha value is -0.340. The fraction of sp³-hybridized carbons (Fsp3) is 0.818. The standard InChI is InChI=1S/C11H23NO/c1-4-6-8-13-10-11(3)9-12-7-5-2/h12H,3-10H2,1-2H3. The summed E-state index contributed by atoms with van der Waals surface area (Å²) in [6.07, 6.45) is 3.51. The van der Waals surface area contributed by atoms with Crippen LogP contribution in [-0.2, 0) is 4.74 Å². The van der Waals surface area contributed by atoms with Crippen molar-refractivity contribution in [2.75, 3.05) is 26.3 Å². The molecule has 0 spiro atoms. The summed E-state index contributed by atoms with van der Waals surface area (Å²) < 4.78 is 5.43. The SMILES string of the molecule is C=C(CNCCC)COCCCC. The van der Waals surface area contributed by atoms with E-state index in [0.29, 0.717) is 6.61 Å². The molecular formula is C11H23NO. The lowest BCUT2D eigenvalue weighted by molar-refractivity contribution is 0.151. The maximum atomic E-state index is 5.43. The van der Waals surface area contributed by atoms with E-state index in [0.717, 1.165) is 31.7 Å². The Morgan fingerprint density at radius 2 is 2.08 bits per heavy atom. The van der Waals surface area contributed by atoms with Crippen molar-refractivity contribution in [3.8, 4) is 0 Å². The van der Waals surface area contributed by atoms with Gasteiger partial charge in [-0.05, 0) is 25.0 Å². The van der Waals surface area contributed by atoms with E-state index in [1.54, 1.807) is 0 Å². The number of hydrogen-bond acceptors (Lipinski definition) is 2. The van der Waals surface area contributed by atoms with Crippen molar-refractivity contribution in [3.05, 3.63) is 12.2 Å². The van der Waals surface area contributed by atoms with Gasteiger partial charge in [0.05, 0.1) is 6.61 Å². The number of unbranched alkanes of at least 4 members (excludes halogenated alkanes) is 1. The van der Waals surface area contributed by atoms with Gasteiger partial charge in [0.15, 0.2) is 0 Å². The first-order chi connectivity index (χ1) is 6.31. The van der Waals surface area contributed by atoms with Crippen LogP contribution in [0.2, 0.25) is 0 Å². The van der Waals surface area contributed by atoms with Gasteiger partial charge in [-0.15, -0.1) is 0 Å². The molecule has 2 heteroatoms. The highest BCUT2D eigenvalue weighted by molar-refractivity contribution is 4.96. The molecule has 0 saturated heterocycles. The second-order valence-corrected chi connectivity index (χ2v) is 3.33. The van der Waals surface area contributed by atoms with E-state index < -0.39 is 0 Å². The van der Waals surface area contributed by atoms with Crippen molar-refractivity contribution in [1.82, 2.24) is 5.32 Å². The summed E-state index contributed by atoms with van der Waals surface area (Å²) in [6, 6.07) is 0. The zero-order valence-corrected chi connectivity index (χ0v) is 9.07. The quantitative estimate of drug-likeness (QED) is 0.440. The number of nitrogens with one attached hydrogen (secondary N) is 1. The molecule has 13 heavy (non-hydrogen) atoms. The second-order valence-electron chi connectivity index (χ2n) is 3.33. The monoisotopic (exact) mass is 185 g/mol. The average Bonchev–Trinajstić information content (AvgIpc) is 2.13. The molecular weight excluding hydrogens is 162 g/mol. The van der Waals surface area contributed by atoms with Gasteiger partial charge < -0.3 is 10.1 Å². The predicted molar refractivity (Wildman–Crippen MR) is 58.0 cm³/mol. The summed E-state index contributed by atoms with van der Waals surface area (Å²) >= 11 is 0. The number of rotatable bonds is 9. The number of hydrogen-bond donors (Lipinski definition) is 1. The van der Waals surface area contributed by atoms with Gasteiger partial charge in [0.1, 0.15) is 0 Å². The van der Waals surface area contributed by atoms with Gasteiger partial charge in [0.25, 0.3) is 0 Å². The van der Waals surface area contributed by atoms with Crippen LogP contribution in [0, 0.1) is 0 Å². The van der Waals surface area contributed by atoms with Crippen LogP contribution in [0.1, 0.15) is 33.1 Å². The lowest BCUT2D eigenvalue weighted by atomic mass is 10.3. The highest BCUT2D eigenvalue weighted by Crippen LogP contribution is 1.93. The van der Waals surface area contributed by atoms with Crippen molar-refractivity contribution in [2.24, 2.45) is 0 Å². The third kappa shape index (κ3) is 9.57. The molecule has 78 valence electrons. The first-order valence-electron chi connectivity index (χ1n) is 5.26. The Kier molecular flexibility index (Phi) is 9.49. The van der Waals surface area contributed by atoms with Crippen LogP contribution in [0.5, 0.6) is 0 Å². The van der Waals surface area contributed by atoms with Crippen molar-refractivity contribution in [2.45, 2.75) is 33.1 Å². The maximum Gasteiger partial charge on any atom is 0.0686 e. The first kappa shape index (κ1) is 12.7. The highest BCUT2D eigenvalue weighted by atomic mass is 16.5. The van der Waals surface area contributed by atoms with Gasteiger partial charge in [0, 0.05) is 13.2 Å². The summed E-state index contributed by atoms with van der Waals surface area (Å²) in [7, 11) is 0. The Morgan fingerprint density at radius 1 is 1.31 bits per heavy atom. The van der Waals surface area contributed by atoms with Crippen LogP contribution in [-0.4, -0.2) is 26.3 Å². The van der Waals surface area contributed by atoms with Crippen LogP contribution in [0.4, 0.5) is 0 Å². The predicted octanol–water partition coefficient (Wildman–Crippen LogP) is 2.36. The van der Waals surface area contributed by atoms with Crippen molar-refractivity contribution < 1.29 is 4.74 Å². The zero-order valence-electron chi connectivity index (χ0n) is 9.07. The van der Waals surface area contributed by atoms with E-state index in [9.17, 15) is 0 Å². The molecule has 0 saturated carbocycles. The van der Waals surface area contributed by atoms with Crippen molar-refractivity contribution in [3.63, 3.8) is 0 Å². The molecule has 0 unspecified atom stereocenters. The molecule has 0 aliphatic carbocycles. The van der Waals surface area contributed by atoms with Crippen LogP contribution in [0.15, 0.2) is 12.2 Å². The molecule has 0 rings (SSSR count). The minimum Gasteiger partial charge on any atom is -0.377 e. The minimum atomic E-state index is 0.705. The molecule has 0 fully saturated rings. The molecule has 0 aliphatic heterocycles. The maximum absolute atomic E-state index is 5.43. The van der Waals surface area contributed by atoms with Crippen LogP contribution in [0.25, 0.3) is 0 Å². The Bertz CT molecular complexity index is 123. The summed E-state index contributed by atoms with van der Waals surface area (Å²) in [6.45, 7) is 11.8. The smallest absolute Gasteiger partial charge is 0.0686 e. The fourth-order valence-corrected chi connectivity index (χ4v) is 0.956. The van der Waals surface area contributed by atoms with E-state index >= 15 is 0 Å². The zero-order chi connectivity index (χ0) is 9.94. The summed E-state index contributed by atoms with van der Waals surface area (Å²) in [4.78, 5) is 0. The summed E-state index contributed by atoms with van der Waals surface area (Å²) in [5.41, 5.74) is 1.14. The van der Waals surface area contributed by atoms with Crippen LogP contribution >= 0.6 is 0 Å². The lowest BCUT2D eigenvalue weighted by Crippen LogP contribution is -2.19. The van der Waals surface area contributed by atoms with E-state index in [2.05, 4.69) is 25.7 Å². The highest BCUT2D eigenvalue weighted by Gasteiger charge is 1.93. The molecule has 2 nitrogen and oxygen atoms in total. The fourth-order valence-electron chi connectivity index (χ4n) is 0.956. The third-order valence-corrected chi connectivity index (χ3v) is 1.75. The van der Waals surface area contributed by atoms with Gasteiger partial charge >= 0.3 is 0 Å².